The van der Waals surface area contributed by atoms with E-state index in [1.165, 1.54) is 12.1 Å². The van der Waals surface area contributed by atoms with Gasteiger partial charge in [-0.1, -0.05) is 6.07 Å². The molecule has 1 aromatic carbocycles. The quantitative estimate of drug-likeness (QED) is 0.905. The number of nitrogens with one attached hydrogen (secondary N) is 1. The Balaban J connectivity index is 2.08. The number of ether oxygens (including phenoxy) is 1. The molecule has 1 N–H and O–H groups in total. The molecule has 1 heterocycles. The summed E-state index contributed by atoms with van der Waals surface area (Å²) in [7, 11) is 0.298. The standard InChI is InChI=1S/C14H18F3NO2S/c1-18-13(10-5-6-20-8-10)9-21(19)12-4-2-3-11(7-12)14(15,16)17/h2-4,7,10,13,18H,5-6,8-9H2,1H3. The molecule has 0 radical (unpaired) electrons. The molecule has 0 bridgehead atoms. The summed E-state index contributed by atoms with van der Waals surface area (Å²) in [5.74, 6) is 0.538. The van der Waals surface area contributed by atoms with Gasteiger partial charge in [0.15, 0.2) is 0 Å². The van der Waals surface area contributed by atoms with E-state index in [1.54, 1.807) is 7.05 Å². The van der Waals surface area contributed by atoms with E-state index in [1.807, 2.05) is 0 Å². The lowest BCUT2D eigenvalue weighted by molar-refractivity contribution is -0.137. The summed E-state index contributed by atoms with van der Waals surface area (Å²) in [6.07, 6.45) is -3.53. The molecule has 0 saturated carbocycles. The van der Waals surface area contributed by atoms with E-state index in [2.05, 4.69) is 5.32 Å². The van der Waals surface area contributed by atoms with Crippen molar-refractivity contribution in [1.82, 2.24) is 5.32 Å². The smallest absolute Gasteiger partial charge is 0.381 e. The maximum absolute atomic E-state index is 12.7. The lowest BCUT2D eigenvalue weighted by Gasteiger charge is -2.21. The zero-order valence-corrected chi connectivity index (χ0v) is 12.5. The molecule has 0 aliphatic carbocycles. The monoisotopic (exact) mass is 321 g/mol. The second-order valence-corrected chi connectivity index (χ2v) is 6.55. The Kier molecular flexibility index (Phi) is 5.40. The van der Waals surface area contributed by atoms with E-state index in [9.17, 15) is 17.4 Å². The molecule has 21 heavy (non-hydrogen) atoms. The lowest BCUT2D eigenvalue weighted by Crippen LogP contribution is -2.38. The molecular formula is C14H18F3NO2S. The van der Waals surface area contributed by atoms with Gasteiger partial charge in [0.2, 0.25) is 0 Å². The predicted molar refractivity (Wildman–Crippen MR) is 74.5 cm³/mol. The molecule has 118 valence electrons. The second-order valence-electron chi connectivity index (χ2n) is 5.06. The van der Waals surface area contributed by atoms with Gasteiger partial charge in [-0.05, 0) is 31.7 Å². The van der Waals surface area contributed by atoms with E-state index in [4.69, 9.17) is 4.74 Å². The minimum atomic E-state index is -4.41. The Morgan fingerprint density at radius 2 is 2.24 bits per heavy atom. The summed E-state index contributed by atoms with van der Waals surface area (Å²) >= 11 is 0. The van der Waals surface area contributed by atoms with Crippen LogP contribution in [0, 0.1) is 5.92 Å². The molecule has 3 atom stereocenters. The lowest BCUT2D eigenvalue weighted by atomic mass is 10.0. The molecule has 0 aromatic heterocycles. The SMILES string of the molecule is CNC(CS(=O)c1cccc(C(F)(F)F)c1)C1CCOC1. The van der Waals surface area contributed by atoms with Gasteiger partial charge in [0.05, 0.1) is 23.0 Å². The number of halogens is 3. The Labute approximate surface area is 124 Å². The van der Waals surface area contributed by atoms with Crippen molar-refractivity contribution >= 4 is 10.8 Å². The first kappa shape index (κ1) is 16.5. The molecule has 2 rings (SSSR count). The maximum atomic E-state index is 12.7. The molecule has 3 unspecified atom stereocenters. The average molecular weight is 321 g/mol. The molecule has 7 heteroatoms. The summed E-state index contributed by atoms with van der Waals surface area (Å²) in [4.78, 5) is 0.212. The van der Waals surface area contributed by atoms with Gasteiger partial charge in [-0.3, -0.25) is 4.21 Å². The number of benzene rings is 1. The summed E-state index contributed by atoms with van der Waals surface area (Å²) in [6.45, 7) is 1.28. The highest BCUT2D eigenvalue weighted by Crippen LogP contribution is 2.30. The highest BCUT2D eigenvalue weighted by atomic mass is 32.2. The maximum Gasteiger partial charge on any atom is 0.416 e. The van der Waals surface area contributed by atoms with Crippen LogP contribution in [0.5, 0.6) is 0 Å². The minimum absolute atomic E-state index is 0.0251. The van der Waals surface area contributed by atoms with Crippen LogP contribution in [0.15, 0.2) is 29.2 Å². The van der Waals surface area contributed by atoms with Gasteiger partial charge >= 0.3 is 6.18 Å². The summed E-state index contributed by atoms with van der Waals surface area (Å²) < 4.78 is 55.6. The Morgan fingerprint density at radius 3 is 2.81 bits per heavy atom. The highest BCUT2D eigenvalue weighted by Gasteiger charge is 2.31. The molecule has 0 spiro atoms. The van der Waals surface area contributed by atoms with Crippen LogP contribution in [-0.2, 0) is 21.7 Å². The summed E-state index contributed by atoms with van der Waals surface area (Å²) in [5, 5.41) is 3.09. The van der Waals surface area contributed by atoms with Crippen LogP contribution >= 0.6 is 0 Å². The van der Waals surface area contributed by atoms with Crippen LogP contribution in [-0.4, -0.2) is 36.3 Å². The third kappa shape index (κ3) is 4.28. The first-order valence-corrected chi connectivity index (χ1v) is 8.04. The molecule has 1 fully saturated rings. The fourth-order valence-corrected chi connectivity index (χ4v) is 3.84. The van der Waals surface area contributed by atoms with Crippen LogP contribution < -0.4 is 5.32 Å². The van der Waals surface area contributed by atoms with E-state index in [0.29, 0.717) is 13.2 Å². The molecule has 1 aliphatic rings. The fourth-order valence-electron chi connectivity index (χ4n) is 2.40. The molecule has 1 aliphatic heterocycles. The zero-order valence-electron chi connectivity index (χ0n) is 11.7. The van der Waals surface area contributed by atoms with E-state index in [0.717, 1.165) is 18.6 Å². The Bertz CT molecular complexity index is 501. The summed E-state index contributed by atoms with van der Waals surface area (Å²) in [6, 6.07) is 4.70. The van der Waals surface area contributed by atoms with Gasteiger partial charge in [-0.2, -0.15) is 13.2 Å². The van der Waals surface area contributed by atoms with Crippen molar-refractivity contribution in [1.29, 1.82) is 0 Å². The second kappa shape index (κ2) is 6.89. The molecule has 1 saturated heterocycles. The fraction of sp³-hybridized carbons (Fsp3) is 0.571. The van der Waals surface area contributed by atoms with Gasteiger partial charge in [0.25, 0.3) is 0 Å². The van der Waals surface area contributed by atoms with Crippen LogP contribution in [0.25, 0.3) is 0 Å². The molecular weight excluding hydrogens is 303 g/mol. The zero-order chi connectivity index (χ0) is 15.5. The molecule has 0 amide bonds. The van der Waals surface area contributed by atoms with Crippen molar-refractivity contribution in [3.63, 3.8) is 0 Å². The molecule has 1 aromatic rings. The van der Waals surface area contributed by atoms with Gasteiger partial charge in [-0.25, -0.2) is 0 Å². The largest absolute Gasteiger partial charge is 0.416 e. The minimum Gasteiger partial charge on any atom is -0.381 e. The van der Waals surface area contributed by atoms with Gasteiger partial charge in [-0.15, -0.1) is 0 Å². The van der Waals surface area contributed by atoms with Crippen LogP contribution in [0.3, 0.4) is 0 Å². The Hall–Kier alpha value is -0.920. The van der Waals surface area contributed by atoms with Gasteiger partial charge in [0.1, 0.15) is 0 Å². The average Bonchev–Trinajstić information content (AvgIpc) is 2.97. The van der Waals surface area contributed by atoms with Crippen LogP contribution in [0.1, 0.15) is 12.0 Å². The normalized spacial score (nSPS) is 22.2. The van der Waals surface area contributed by atoms with E-state index >= 15 is 0 Å². The third-order valence-electron chi connectivity index (χ3n) is 3.66. The number of alkyl halides is 3. The van der Waals surface area contributed by atoms with Crippen molar-refractivity contribution in [3.05, 3.63) is 29.8 Å². The van der Waals surface area contributed by atoms with Gasteiger partial charge in [0, 0.05) is 29.2 Å². The van der Waals surface area contributed by atoms with E-state index < -0.39 is 22.5 Å². The van der Waals surface area contributed by atoms with Crippen molar-refractivity contribution in [2.75, 3.05) is 26.0 Å². The highest BCUT2D eigenvalue weighted by molar-refractivity contribution is 7.85. The predicted octanol–water partition coefficient (Wildman–Crippen LogP) is 2.44. The van der Waals surface area contributed by atoms with E-state index in [-0.39, 0.29) is 22.6 Å². The van der Waals surface area contributed by atoms with Crippen LogP contribution in [0.4, 0.5) is 13.2 Å². The van der Waals surface area contributed by atoms with Crippen molar-refractivity contribution in [2.24, 2.45) is 5.92 Å². The van der Waals surface area contributed by atoms with Gasteiger partial charge < -0.3 is 10.1 Å². The number of hydrogen-bond donors (Lipinski definition) is 1. The summed E-state index contributed by atoms with van der Waals surface area (Å²) in [5.41, 5.74) is -0.765. The van der Waals surface area contributed by atoms with Crippen LogP contribution in [0.2, 0.25) is 0 Å². The van der Waals surface area contributed by atoms with Crippen molar-refractivity contribution in [2.45, 2.75) is 23.5 Å². The van der Waals surface area contributed by atoms with Crippen molar-refractivity contribution < 1.29 is 22.1 Å². The third-order valence-corrected chi connectivity index (χ3v) is 5.10. The first-order chi connectivity index (χ1) is 9.91. The molecule has 3 nitrogen and oxygen atoms in total. The first-order valence-electron chi connectivity index (χ1n) is 6.72. The number of rotatable bonds is 5. The number of hydrogen-bond acceptors (Lipinski definition) is 3. The Morgan fingerprint density at radius 1 is 1.48 bits per heavy atom. The van der Waals surface area contributed by atoms with Crippen molar-refractivity contribution in [3.8, 4) is 0 Å². The topological polar surface area (TPSA) is 38.3 Å².